The van der Waals surface area contributed by atoms with E-state index < -0.39 is 0 Å². The average molecular weight is 403 g/mol. The molecule has 1 amide bonds. The van der Waals surface area contributed by atoms with E-state index in [4.69, 9.17) is 0 Å². The van der Waals surface area contributed by atoms with Gasteiger partial charge >= 0.3 is 0 Å². The van der Waals surface area contributed by atoms with Crippen molar-refractivity contribution < 1.29 is 4.79 Å². The van der Waals surface area contributed by atoms with E-state index in [1.807, 2.05) is 37.3 Å². The molecule has 2 N–H and O–H groups in total. The van der Waals surface area contributed by atoms with Gasteiger partial charge in [0.05, 0.1) is 10.7 Å². The molecule has 0 saturated carbocycles. The number of carbonyl (C=O) groups excluding carboxylic acids is 1. The topological polar surface area (TPSA) is 57.3 Å². The fourth-order valence-electron chi connectivity index (χ4n) is 2.72. The van der Waals surface area contributed by atoms with E-state index in [-0.39, 0.29) is 30.7 Å². The van der Waals surface area contributed by atoms with Crippen molar-refractivity contribution >= 4 is 42.1 Å². The van der Waals surface area contributed by atoms with Gasteiger partial charge in [-0.15, -0.1) is 36.2 Å². The molecule has 1 aliphatic heterocycles. The number of rotatable bonds is 5. The van der Waals surface area contributed by atoms with Crippen molar-refractivity contribution in [1.29, 1.82) is 0 Å². The summed E-state index contributed by atoms with van der Waals surface area (Å²) >= 11 is 1.46. The predicted molar refractivity (Wildman–Crippen MR) is 108 cm³/mol. The number of nitrogens with zero attached hydrogens (tertiary/aromatic N) is 2. The van der Waals surface area contributed by atoms with Gasteiger partial charge in [-0.1, -0.05) is 30.3 Å². The highest BCUT2D eigenvalue weighted by Gasteiger charge is 2.18. The number of thiazole rings is 1. The van der Waals surface area contributed by atoms with Gasteiger partial charge in [0, 0.05) is 44.8 Å². The first-order valence-electron chi connectivity index (χ1n) is 7.98. The van der Waals surface area contributed by atoms with E-state index in [0.717, 1.165) is 49.0 Å². The van der Waals surface area contributed by atoms with Crippen molar-refractivity contribution in [3.63, 3.8) is 0 Å². The fourth-order valence-corrected chi connectivity index (χ4v) is 3.57. The molecule has 1 aromatic carbocycles. The van der Waals surface area contributed by atoms with Crippen LogP contribution < -0.4 is 10.6 Å². The molecule has 5 nitrogen and oxygen atoms in total. The monoisotopic (exact) mass is 402 g/mol. The van der Waals surface area contributed by atoms with Crippen LogP contribution in [0.4, 0.5) is 0 Å². The van der Waals surface area contributed by atoms with Crippen LogP contribution in [0.2, 0.25) is 0 Å². The molecule has 0 radical (unpaired) electrons. The lowest BCUT2D eigenvalue weighted by molar-refractivity contribution is 0.0951. The Labute approximate surface area is 165 Å². The summed E-state index contributed by atoms with van der Waals surface area (Å²) in [5, 5.41) is 7.28. The zero-order valence-corrected chi connectivity index (χ0v) is 16.6. The third-order valence-corrected chi connectivity index (χ3v) is 4.88. The Morgan fingerprint density at radius 3 is 2.60 bits per heavy atom. The number of aromatic nitrogens is 1. The SMILES string of the molecule is Cc1nc(-c2ccccc2)c(C(=O)NCCN2CCNCC2)s1.Cl.Cl. The Morgan fingerprint density at radius 1 is 1.24 bits per heavy atom. The van der Waals surface area contributed by atoms with Crippen LogP contribution in [0.1, 0.15) is 14.7 Å². The highest BCUT2D eigenvalue weighted by Crippen LogP contribution is 2.27. The summed E-state index contributed by atoms with van der Waals surface area (Å²) in [6.45, 7) is 7.65. The molecule has 0 atom stereocenters. The molecule has 0 unspecified atom stereocenters. The molecular weight excluding hydrogens is 379 g/mol. The van der Waals surface area contributed by atoms with Gasteiger partial charge in [0.2, 0.25) is 0 Å². The minimum atomic E-state index is -0.0235. The standard InChI is InChI=1S/C17H22N4OS.2ClH/c1-13-20-15(14-5-3-2-4-6-14)16(23-13)17(22)19-9-12-21-10-7-18-8-11-21;;/h2-6,18H,7-12H2,1H3,(H,19,22);2*1H. The second kappa shape index (κ2) is 10.7. The largest absolute Gasteiger partial charge is 0.350 e. The molecule has 138 valence electrons. The van der Waals surface area contributed by atoms with Gasteiger partial charge in [-0.05, 0) is 6.92 Å². The zero-order chi connectivity index (χ0) is 16.1. The first-order valence-corrected chi connectivity index (χ1v) is 8.80. The number of aryl methyl sites for hydroxylation is 1. The molecule has 2 aromatic rings. The summed E-state index contributed by atoms with van der Waals surface area (Å²) in [6, 6.07) is 9.89. The Bertz CT molecular complexity index is 660. The number of nitrogens with one attached hydrogen (secondary N) is 2. The molecule has 8 heteroatoms. The van der Waals surface area contributed by atoms with Crippen LogP contribution in [0, 0.1) is 6.92 Å². The van der Waals surface area contributed by atoms with Crippen molar-refractivity contribution in [3.05, 3.63) is 40.2 Å². The minimum Gasteiger partial charge on any atom is -0.350 e. The molecule has 1 saturated heterocycles. The smallest absolute Gasteiger partial charge is 0.263 e. The molecule has 3 rings (SSSR count). The lowest BCUT2D eigenvalue weighted by Gasteiger charge is -2.27. The third-order valence-electron chi connectivity index (χ3n) is 3.91. The van der Waals surface area contributed by atoms with Crippen LogP contribution in [0.25, 0.3) is 11.3 Å². The van der Waals surface area contributed by atoms with E-state index in [2.05, 4.69) is 20.5 Å². The van der Waals surface area contributed by atoms with Crippen LogP contribution in [0.15, 0.2) is 30.3 Å². The molecular formula is C17H24Cl2N4OS. The third kappa shape index (κ3) is 5.94. The van der Waals surface area contributed by atoms with Gasteiger partial charge in [0.25, 0.3) is 5.91 Å². The van der Waals surface area contributed by atoms with E-state index in [1.165, 1.54) is 11.3 Å². The Balaban J connectivity index is 0.00000156. The second-order valence-corrected chi connectivity index (χ2v) is 6.83. The van der Waals surface area contributed by atoms with Crippen molar-refractivity contribution in [1.82, 2.24) is 20.5 Å². The molecule has 2 heterocycles. The van der Waals surface area contributed by atoms with Gasteiger partial charge in [0.15, 0.2) is 0 Å². The summed E-state index contributed by atoms with van der Waals surface area (Å²) in [7, 11) is 0. The van der Waals surface area contributed by atoms with Gasteiger partial charge in [-0.3, -0.25) is 9.69 Å². The molecule has 0 spiro atoms. The van der Waals surface area contributed by atoms with E-state index in [9.17, 15) is 4.79 Å². The zero-order valence-electron chi connectivity index (χ0n) is 14.2. The number of hydrogen-bond acceptors (Lipinski definition) is 5. The molecule has 1 fully saturated rings. The summed E-state index contributed by atoms with van der Waals surface area (Å²) in [4.78, 5) is 20.1. The number of hydrogen-bond donors (Lipinski definition) is 2. The Morgan fingerprint density at radius 2 is 1.92 bits per heavy atom. The van der Waals surface area contributed by atoms with Gasteiger partial charge in [0.1, 0.15) is 4.88 Å². The molecule has 0 aliphatic carbocycles. The van der Waals surface area contributed by atoms with Gasteiger partial charge in [-0.2, -0.15) is 0 Å². The van der Waals surface area contributed by atoms with Crippen LogP contribution in [0.3, 0.4) is 0 Å². The van der Waals surface area contributed by atoms with Crippen LogP contribution in [-0.4, -0.2) is 55.1 Å². The first-order chi connectivity index (χ1) is 11.2. The highest BCUT2D eigenvalue weighted by atomic mass is 35.5. The lowest BCUT2D eigenvalue weighted by Crippen LogP contribution is -2.46. The maximum Gasteiger partial charge on any atom is 0.263 e. The first kappa shape index (κ1) is 21.9. The van der Waals surface area contributed by atoms with Crippen molar-refractivity contribution in [2.75, 3.05) is 39.3 Å². The maximum atomic E-state index is 12.5. The molecule has 1 aromatic heterocycles. The molecule has 1 aliphatic rings. The van der Waals surface area contributed by atoms with Gasteiger partial charge < -0.3 is 10.6 Å². The lowest BCUT2D eigenvalue weighted by atomic mass is 10.1. The molecule has 0 bridgehead atoms. The normalized spacial score (nSPS) is 14.3. The number of carbonyl (C=O) groups is 1. The summed E-state index contributed by atoms with van der Waals surface area (Å²) in [6.07, 6.45) is 0. The Hall–Kier alpha value is -1.18. The Kier molecular flexibility index (Phi) is 9.38. The van der Waals surface area contributed by atoms with Crippen molar-refractivity contribution in [3.8, 4) is 11.3 Å². The van der Waals surface area contributed by atoms with Crippen LogP contribution in [0.5, 0.6) is 0 Å². The highest BCUT2D eigenvalue weighted by molar-refractivity contribution is 7.14. The number of piperazine rings is 1. The van der Waals surface area contributed by atoms with Gasteiger partial charge in [-0.25, -0.2) is 4.98 Å². The van der Waals surface area contributed by atoms with E-state index in [0.29, 0.717) is 11.4 Å². The van der Waals surface area contributed by atoms with E-state index in [1.54, 1.807) is 0 Å². The van der Waals surface area contributed by atoms with Crippen molar-refractivity contribution in [2.45, 2.75) is 6.92 Å². The quantitative estimate of drug-likeness (QED) is 0.806. The fraction of sp³-hybridized carbons (Fsp3) is 0.412. The second-order valence-electron chi connectivity index (χ2n) is 5.62. The summed E-state index contributed by atoms with van der Waals surface area (Å²) < 4.78 is 0. The molecule has 25 heavy (non-hydrogen) atoms. The summed E-state index contributed by atoms with van der Waals surface area (Å²) in [5.74, 6) is -0.0235. The van der Waals surface area contributed by atoms with Crippen LogP contribution in [-0.2, 0) is 0 Å². The van der Waals surface area contributed by atoms with Crippen molar-refractivity contribution in [2.24, 2.45) is 0 Å². The number of benzene rings is 1. The predicted octanol–water partition coefficient (Wildman–Crippen LogP) is 2.60. The van der Waals surface area contributed by atoms with Crippen LogP contribution >= 0.6 is 36.2 Å². The average Bonchev–Trinajstić information content (AvgIpc) is 2.98. The number of amides is 1. The number of halogens is 2. The maximum absolute atomic E-state index is 12.5. The minimum absolute atomic E-state index is 0. The summed E-state index contributed by atoms with van der Waals surface area (Å²) in [5.41, 5.74) is 1.77. The van der Waals surface area contributed by atoms with E-state index >= 15 is 0 Å².